The number of ether oxygens (including phenoxy) is 2. The molecule has 0 unspecified atom stereocenters. The van der Waals surface area contributed by atoms with Crippen molar-refractivity contribution in [3.8, 4) is 11.5 Å². The molecule has 0 saturated heterocycles. The molecule has 0 bridgehead atoms. The van der Waals surface area contributed by atoms with Gasteiger partial charge in [0.25, 0.3) is 0 Å². The first-order valence-electron chi connectivity index (χ1n) is 9.32. The Labute approximate surface area is 182 Å². The number of halogens is 3. The summed E-state index contributed by atoms with van der Waals surface area (Å²) < 4.78 is 35.0. The summed E-state index contributed by atoms with van der Waals surface area (Å²) in [5.74, 6) is 1.12. The maximum absolute atomic E-state index is 12.6. The Hall–Kier alpha value is -1.36. The van der Waals surface area contributed by atoms with Gasteiger partial charge in [-0.2, -0.15) is 8.78 Å². The number of guanidine groups is 1. The molecule has 9 heteroatoms. The fourth-order valence-electron chi connectivity index (χ4n) is 3.16. The maximum atomic E-state index is 12.6. The number of nitrogens with zero attached hydrogens (tertiary/aromatic N) is 1. The first-order chi connectivity index (χ1) is 13.0. The van der Waals surface area contributed by atoms with E-state index in [0.29, 0.717) is 30.4 Å². The van der Waals surface area contributed by atoms with E-state index < -0.39 is 12.2 Å². The predicted molar refractivity (Wildman–Crippen MR) is 116 cm³/mol. The van der Waals surface area contributed by atoms with Crippen molar-refractivity contribution in [2.75, 3.05) is 20.2 Å². The molecule has 0 spiro atoms. The van der Waals surface area contributed by atoms with E-state index in [4.69, 9.17) is 4.74 Å². The topological polar surface area (TPSA) is 75.1 Å². The van der Waals surface area contributed by atoms with Crippen LogP contribution in [0.15, 0.2) is 23.2 Å². The Bertz CT molecular complexity index is 626. The van der Waals surface area contributed by atoms with Crippen molar-refractivity contribution in [2.45, 2.75) is 57.8 Å². The SMILES string of the molecule is CCNC(=NCc1cc(OC)ccc1OC(F)F)NCC1(O)CCCCC1.I. The van der Waals surface area contributed by atoms with E-state index in [-0.39, 0.29) is 36.3 Å². The largest absolute Gasteiger partial charge is 0.497 e. The monoisotopic (exact) mass is 513 g/mol. The third-order valence-electron chi connectivity index (χ3n) is 4.60. The highest BCUT2D eigenvalue weighted by Gasteiger charge is 2.29. The van der Waals surface area contributed by atoms with Gasteiger partial charge in [0.2, 0.25) is 0 Å². The summed E-state index contributed by atoms with van der Waals surface area (Å²) in [5.41, 5.74) is -0.239. The summed E-state index contributed by atoms with van der Waals surface area (Å²) >= 11 is 0. The van der Waals surface area contributed by atoms with E-state index in [0.717, 1.165) is 32.1 Å². The van der Waals surface area contributed by atoms with Gasteiger partial charge in [-0.05, 0) is 38.0 Å². The van der Waals surface area contributed by atoms with E-state index in [1.165, 1.54) is 13.2 Å². The number of methoxy groups -OCH3 is 1. The molecule has 1 aromatic carbocycles. The lowest BCUT2D eigenvalue weighted by Crippen LogP contribution is -2.48. The zero-order valence-corrected chi connectivity index (χ0v) is 18.7. The quantitative estimate of drug-likeness (QED) is 0.281. The number of benzene rings is 1. The van der Waals surface area contributed by atoms with Crippen LogP contribution < -0.4 is 20.1 Å². The van der Waals surface area contributed by atoms with Crippen molar-refractivity contribution >= 4 is 29.9 Å². The van der Waals surface area contributed by atoms with Crippen LogP contribution in [-0.2, 0) is 6.54 Å². The molecule has 0 heterocycles. The van der Waals surface area contributed by atoms with Crippen molar-refractivity contribution < 1.29 is 23.4 Å². The molecule has 28 heavy (non-hydrogen) atoms. The van der Waals surface area contributed by atoms with Gasteiger partial charge < -0.3 is 25.2 Å². The average Bonchev–Trinajstić information content (AvgIpc) is 2.65. The van der Waals surface area contributed by atoms with Crippen molar-refractivity contribution in [1.29, 1.82) is 0 Å². The number of aliphatic imine (C=N–C) groups is 1. The molecule has 0 aromatic heterocycles. The Morgan fingerprint density at radius 1 is 1.25 bits per heavy atom. The third kappa shape index (κ3) is 7.94. The molecule has 0 radical (unpaired) electrons. The summed E-state index contributed by atoms with van der Waals surface area (Å²) in [7, 11) is 1.51. The summed E-state index contributed by atoms with van der Waals surface area (Å²) in [6.45, 7) is 0.198. The van der Waals surface area contributed by atoms with Gasteiger partial charge in [0.1, 0.15) is 11.5 Å². The molecule has 1 saturated carbocycles. The summed E-state index contributed by atoms with van der Waals surface area (Å²) in [6.07, 6.45) is 4.72. The van der Waals surface area contributed by atoms with Crippen molar-refractivity contribution in [2.24, 2.45) is 4.99 Å². The molecule has 0 amide bonds. The van der Waals surface area contributed by atoms with E-state index >= 15 is 0 Å². The normalized spacial score (nSPS) is 16.3. The van der Waals surface area contributed by atoms with Crippen LogP contribution in [0.2, 0.25) is 0 Å². The molecule has 6 nitrogen and oxygen atoms in total. The predicted octanol–water partition coefficient (Wildman–Crippen LogP) is 3.66. The Morgan fingerprint density at radius 2 is 1.96 bits per heavy atom. The highest BCUT2D eigenvalue weighted by molar-refractivity contribution is 14.0. The van der Waals surface area contributed by atoms with Crippen LogP contribution in [0.1, 0.15) is 44.6 Å². The molecule has 1 aromatic rings. The smallest absolute Gasteiger partial charge is 0.387 e. The minimum Gasteiger partial charge on any atom is -0.497 e. The number of hydrogen-bond acceptors (Lipinski definition) is 4. The molecular weight excluding hydrogens is 483 g/mol. The molecule has 1 aliphatic rings. The molecule has 3 N–H and O–H groups in total. The summed E-state index contributed by atoms with van der Waals surface area (Å²) in [5, 5.41) is 16.9. The lowest BCUT2D eigenvalue weighted by molar-refractivity contribution is -0.0504. The minimum atomic E-state index is -2.91. The lowest BCUT2D eigenvalue weighted by atomic mass is 9.85. The van der Waals surface area contributed by atoms with Gasteiger partial charge in [0.15, 0.2) is 5.96 Å². The standard InChI is InChI=1S/C19H29F2N3O3.HI/c1-3-22-18(24-13-19(25)9-5-4-6-10-19)23-12-14-11-15(26-2)7-8-16(14)27-17(20)21;/h7-8,11,17,25H,3-6,9-10,12-13H2,1-2H3,(H2,22,23,24);1H. The fraction of sp³-hybridized carbons (Fsp3) is 0.632. The van der Waals surface area contributed by atoms with Crippen molar-refractivity contribution in [3.63, 3.8) is 0 Å². The Kier molecular flexibility index (Phi) is 10.8. The molecule has 1 aliphatic carbocycles. The first-order valence-corrected chi connectivity index (χ1v) is 9.32. The van der Waals surface area contributed by atoms with Crippen LogP contribution in [-0.4, -0.2) is 43.5 Å². The molecule has 2 rings (SSSR count). The molecule has 0 atom stereocenters. The molecule has 0 aliphatic heterocycles. The van der Waals surface area contributed by atoms with Crippen LogP contribution in [0.25, 0.3) is 0 Å². The van der Waals surface area contributed by atoms with E-state index in [1.807, 2.05) is 6.92 Å². The van der Waals surface area contributed by atoms with E-state index in [1.54, 1.807) is 12.1 Å². The second-order valence-corrected chi connectivity index (χ2v) is 6.69. The fourth-order valence-corrected chi connectivity index (χ4v) is 3.16. The number of alkyl halides is 2. The summed E-state index contributed by atoms with van der Waals surface area (Å²) in [6, 6.07) is 4.63. The zero-order valence-electron chi connectivity index (χ0n) is 16.3. The molecule has 160 valence electrons. The number of nitrogens with one attached hydrogen (secondary N) is 2. The van der Waals surface area contributed by atoms with Crippen LogP contribution in [0.4, 0.5) is 8.78 Å². The lowest BCUT2D eigenvalue weighted by Gasteiger charge is -2.32. The van der Waals surface area contributed by atoms with Crippen LogP contribution >= 0.6 is 24.0 Å². The minimum absolute atomic E-state index is 0. The second kappa shape index (κ2) is 12.3. The van der Waals surface area contributed by atoms with Gasteiger partial charge in [-0.15, -0.1) is 24.0 Å². The van der Waals surface area contributed by atoms with Gasteiger partial charge in [0, 0.05) is 18.7 Å². The third-order valence-corrected chi connectivity index (χ3v) is 4.60. The molecule has 1 fully saturated rings. The Morgan fingerprint density at radius 3 is 2.57 bits per heavy atom. The van der Waals surface area contributed by atoms with Crippen molar-refractivity contribution in [1.82, 2.24) is 10.6 Å². The summed E-state index contributed by atoms with van der Waals surface area (Å²) in [4.78, 5) is 4.45. The van der Waals surface area contributed by atoms with Crippen LogP contribution in [0.5, 0.6) is 11.5 Å². The first kappa shape index (κ1) is 24.7. The van der Waals surface area contributed by atoms with Gasteiger partial charge in [-0.25, -0.2) is 4.99 Å². The maximum Gasteiger partial charge on any atom is 0.387 e. The van der Waals surface area contributed by atoms with Gasteiger partial charge in [0.05, 0.1) is 19.3 Å². The average molecular weight is 513 g/mol. The second-order valence-electron chi connectivity index (χ2n) is 6.69. The zero-order chi connectivity index (χ0) is 19.7. The van der Waals surface area contributed by atoms with Gasteiger partial charge >= 0.3 is 6.61 Å². The van der Waals surface area contributed by atoms with Gasteiger partial charge in [-0.3, -0.25) is 0 Å². The highest BCUT2D eigenvalue weighted by atomic mass is 127. The van der Waals surface area contributed by atoms with Crippen LogP contribution in [0, 0.1) is 0 Å². The molecular formula is C19H30F2IN3O3. The van der Waals surface area contributed by atoms with Crippen molar-refractivity contribution in [3.05, 3.63) is 23.8 Å². The highest BCUT2D eigenvalue weighted by Crippen LogP contribution is 2.28. The Balaban J connectivity index is 0.00000392. The van der Waals surface area contributed by atoms with Gasteiger partial charge in [-0.1, -0.05) is 19.3 Å². The number of aliphatic hydroxyl groups is 1. The van der Waals surface area contributed by atoms with Crippen LogP contribution in [0.3, 0.4) is 0 Å². The van der Waals surface area contributed by atoms with E-state index in [9.17, 15) is 13.9 Å². The number of rotatable bonds is 8. The van der Waals surface area contributed by atoms with E-state index in [2.05, 4.69) is 20.4 Å². The number of hydrogen-bond donors (Lipinski definition) is 3.